The van der Waals surface area contributed by atoms with Crippen molar-refractivity contribution in [3.63, 3.8) is 0 Å². The molecule has 0 radical (unpaired) electrons. The number of carbonyl (C=O) groups excluding carboxylic acids is 2. The maximum Gasteiger partial charge on any atom is 0.416 e. The lowest BCUT2D eigenvalue weighted by Crippen LogP contribution is -2.56. The Morgan fingerprint density at radius 1 is 1.18 bits per heavy atom. The predicted octanol–water partition coefficient (Wildman–Crippen LogP) is 3.72. The normalized spacial score (nSPS) is 16.8. The Morgan fingerprint density at radius 3 is 2.66 bits per heavy atom. The van der Waals surface area contributed by atoms with Gasteiger partial charge in [0.15, 0.2) is 0 Å². The molecule has 2 aliphatic rings. The van der Waals surface area contributed by atoms with Crippen LogP contribution in [0.5, 0.6) is 5.75 Å². The molecule has 2 N–H and O–H groups in total. The summed E-state index contributed by atoms with van der Waals surface area (Å²) in [5.74, 6) is 0.702. The SMILES string of the molecule is C=CC(=O)N1CCC(CNc2ncnc3[nH]cc(C(=O)N4CC(Oc5cccc(C(F)(F)F)c5)C4)c23)CC1. The van der Waals surface area contributed by atoms with Gasteiger partial charge in [0, 0.05) is 25.8 Å². The predicted molar refractivity (Wildman–Crippen MR) is 134 cm³/mol. The van der Waals surface area contributed by atoms with Gasteiger partial charge in [-0.05, 0) is 43.0 Å². The molecule has 0 unspecified atom stereocenters. The summed E-state index contributed by atoms with van der Waals surface area (Å²) in [4.78, 5) is 40.0. The van der Waals surface area contributed by atoms with Crippen molar-refractivity contribution < 1.29 is 27.5 Å². The largest absolute Gasteiger partial charge is 0.487 e. The Labute approximate surface area is 216 Å². The van der Waals surface area contributed by atoms with Crippen LogP contribution in [0.3, 0.4) is 0 Å². The van der Waals surface area contributed by atoms with E-state index in [2.05, 4.69) is 26.8 Å². The number of nitrogens with zero attached hydrogens (tertiary/aromatic N) is 4. The first-order chi connectivity index (χ1) is 18.2. The van der Waals surface area contributed by atoms with Crippen LogP contribution in [0.4, 0.5) is 19.0 Å². The zero-order chi connectivity index (χ0) is 26.9. The van der Waals surface area contributed by atoms with Crippen LogP contribution in [0.15, 0.2) is 49.4 Å². The minimum Gasteiger partial charge on any atom is -0.487 e. The second kappa shape index (κ2) is 10.3. The molecule has 2 fully saturated rings. The number of nitrogens with one attached hydrogen (secondary N) is 2. The molecule has 2 amide bonds. The summed E-state index contributed by atoms with van der Waals surface area (Å²) < 4.78 is 44.5. The molecule has 2 saturated heterocycles. The van der Waals surface area contributed by atoms with Crippen LogP contribution in [0, 0.1) is 5.92 Å². The molecule has 1 aromatic carbocycles. The van der Waals surface area contributed by atoms with E-state index >= 15 is 0 Å². The van der Waals surface area contributed by atoms with E-state index in [-0.39, 0.29) is 30.7 Å². The molecule has 2 aliphatic heterocycles. The van der Waals surface area contributed by atoms with Crippen LogP contribution < -0.4 is 10.1 Å². The topological polar surface area (TPSA) is 103 Å². The number of ether oxygens (including phenoxy) is 1. The summed E-state index contributed by atoms with van der Waals surface area (Å²) in [5, 5.41) is 3.93. The molecule has 4 heterocycles. The number of anilines is 1. The third-order valence-electron chi connectivity index (χ3n) is 6.96. The second-order valence-corrected chi connectivity index (χ2v) is 9.48. The van der Waals surface area contributed by atoms with Gasteiger partial charge in [-0.15, -0.1) is 0 Å². The Morgan fingerprint density at radius 2 is 1.95 bits per heavy atom. The van der Waals surface area contributed by atoms with E-state index in [1.165, 1.54) is 24.5 Å². The van der Waals surface area contributed by atoms with Gasteiger partial charge in [-0.1, -0.05) is 12.6 Å². The number of benzene rings is 1. The van der Waals surface area contributed by atoms with Crippen molar-refractivity contribution >= 4 is 28.7 Å². The molecular formula is C26H27F3N6O3. The van der Waals surface area contributed by atoms with E-state index in [1.807, 2.05) is 0 Å². The maximum atomic E-state index is 13.2. The van der Waals surface area contributed by atoms with Gasteiger partial charge in [0.05, 0.1) is 29.6 Å². The number of rotatable bonds is 7. The summed E-state index contributed by atoms with van der Waals surface area (Å²) in [6, 6.07) is 4.71. The maximum absolute atomic E-state index is 13.2. The number of piperidine rings is 1. The molecule has 0 saturated carbocycles. The number of hydrogen-bond donors (Lipinski definition) is 2. The van der Waals surface area contributed by atoms with E-state index in [0.717, 1.165) is 25.0 Å². The molecule has 3 aromatic rings. The highest BCUT2D eigenvalue weighted by molar-refractivity contribution is 6.09. The van der Waals surface area contributed by atoms with Crippen LogP contribution >= 0.6 is 0 Å². The minimum absolute atomic E-state index is 0.0575. The molecule has 38 heavy (non-hydrogen) atoms. The zero-order valence-electron chi connectivity index (χ0n) is 20.5. The first-order valence-electron chi connectivity index (χ1n) is 12.3. The Bertz CT molecular complexity index is 1340. The van der Waals surface area contributed by atoms with E-state index in [9.17, 15) is 22.8 Å². The number of carbonyl (C=O) groups is 2. The monoisotopic (exact) mass is 528 g/mol. The third-order valence-corrected chi connectivity index (χ3v) is 6.96. The lowest BCUT2D eigenvalue weighted by molar-refractivity contribution is -0.137. The lowest BCUT2D eigenvalue weighted by Gasteiger charge is -2.39. The van der Waals surface area contributed by atoms with E-state index in [4.69, 9.17) is 4.74 Å². The molecule has 0 aliphatic carbocycles. The molecular weight excluding hydrogens is 501 g/mol. The standard InChI is InChI=1S/C26H27F3N6O3/c1-2-21(36)34-8-6-16(7-9-34)11-30-23-22-20(12-31-24(22)33-15-32-23)25(37)35-13-19(14-35)38-18-5-3-4-17(10-18)26(27,28)29/h2-5,10,12,15-16,19H,1,6-9,11,13-14H2,(H2,30,31,32,33). The Hall–Kier alpha value is -4.09. The number of alkyl halides is 3. The van der Waals surface area contributed by atoms with Crippen LogP contribution in [0.1, 0.15) is 28.8 Å². The van der Waals surface area contributed by atoms with Crippen molar-refractivity contribution in [2.24, 2.45) is 5.92 Å². The first kappa shape index (κ1) is 25.6. The zero-order valence-corrected chi connectivity index (χ0v) is 20.5. The van der Waals surface area contributed by atoms with Gasteiger partial charge in [-0.3, -0.25) is 9.59 Å². The number of aromatic nitrogens is 3. The Kier molecular flexibility index (Phi) is 6.96. The van der Waals surface area contributed by atoms with Crippen molar-refractivity contribution in [2.45, 2.75) is 25.1 Å². The highest BCUT2D eigenvalue weighted by Gasteiger charge is 2.35. The fourth-order valence-electron chi connectivity index (χ4n) is 4.78. The van der Waals surface area contributed by atoms with Crippen LogP contribution in [0.2, 0.25) is 0 Å². The van der Waals surface area contributed by atoms with E-state index < -0.39 is 17.8 Å². The van der Waals surface area contributed by atoms with Crippen LogP contribution in [-0.4, -0.2) is 75.4 Å². The van der Waals surface area contributed by atoms with Gasteiger partial charge in [0.2, 0.25) is 5.91 Å². The number of amides is 2. The van der Waals surface area contributed by atoms with Crippen LogP contribution in [0.25, 0.3) is 11.0 Å². The van der Waals surface area contributed by atoms with Gasteiger partial charge >= 0.3 is 6.18 Å². The molecule has 0 spiro atoms. The van der Waals surface area contributed by atoms with E-state index in [1.54, 1.807) is 16.0 Å². The summed E-state index contributed by atoms with van der Waals surface area (Å²) in [5.41, 5.74) is 0.151. The molecule has 2 aromatic heterocycles. The van der Waals surface area contributed by atoms with Crippen molar-refractivity contribution in [3.05, 3.63) is 60.6 Å². The van der Waals surface area contributed by atoms with Gasteiger partial charge in [-0.25, -0.2) is 9.97 Å². The van der Waals surface area contributed by atoms with Crippen molar-refractivity contribution in [3.8, 4) is 5.75 Å². The quantitative estimate of drug-likeness (QED) is 0.453. The number of halogens is 3. The molecule has 5 rings (SSSR count). The highest BCUT2D eigenvalue weighted by Crippen LogP contribution is 2.32. The summed E-state index contributed by atoms with van der Waals surface area (Å²) in [7, 11) is 0. The smallest absolute Gasteiger partial charge is 0.416 e. The summed E-state index contributed by atoms with van der Waals surface area (Å²) in [6.45, 7) is 6.01. The number of hydrogen-bond acceptors (Lipinski definition) is 6. The van der Waals surface area contributed by atoms with Gasteiger partial charge in [0.1, 0.15) is 29.6 Å². The van der Waals surface area contributed by atoms with Gasteiger partial charge < -0.3 is 24.8 Å². The van der Waals surface area contributed by atoms with E-state index in [0.29, 0.717) is 48.0 Å². The minimum atomic E-state index is -4.45. The lowest BCUT2D eigenvalue weighted by atomic mass is 9.96. The van der Waals surface area contributed by atoms with Crippen LogP contribution in [-0.2, 0) is 11.0 Å². The molecule has 9 nitrogen and oxygen atoms in total. The van der Waals surface area contributed by atoms with Crippen molar-refractivity contribution in [1.82, 2.24) is 24.8 Å². The number of aromatic amines is 1. The van der Waals surface area contributed by atoms with Crippen molar-refractivity contribution in [1.29, 1.82) is 0 Å². The fraction of sp³-hybridized carbons (Fsp3) is 0.385. The molecule has 0 bridgehead atoms. The fourth-order valence-corrected chi connectivity index (χ4v) is 4.78. The molecule has 0 atom stereocenters. The average Bonchev–Trinajstić information content (AvgIpc) is 3.33. The molecule has 12 heteroatoms. The number of fused-ring (bicyclic) bond motifs is 1. The second-order valence-electron chi connectivity index (χ2n) is 9.48. The highest BCUT2D eigenvalue weighted by atomic mass is 19.4. The summed E-state index contributed by atoms with van der Waals surface area (Å²) in [6.07, 6.45) is 1.18. The number of H-pyrrole nitrogens is 1. The summed E-state index contributed by atoms with van der Waals surface area (Å²) >= 11 is 0. The van der Waals surface area contributed by atoms with Gasteiger partial charge in [0.25, 0.3) is 5.91 Å². The molecule has 200 valence electrons. The van der Waals surface area contributed by atoms with Crippen molar-refractivity contribution in [2.75, 3.05) is 38.0 Å². The van der Waals surface area contributed by atoms with Gasteiger partial charge in [-0.2, -0.15) is 13.2 Å². The number of likely N-dealkylation sites (tertiary alicyclic amines) is 2. The first-order valence-corrected chi connectivity index (χ1v) is 12.3. The Balaban J connectivity index is 1.20. The average molecular weight is 529 g/mol. The third kappa shape index (κ3) is 5.29.